The summed E-state index contributed by atoms with van der Waals surface area (Å²) in [6.07, 6.45) is -3.66. The van der Waals surface area contributed by atoms with Crippen molar-refractivity contribution in [3.05, 3.63) is 39.7 Å². The van der Waals surface area contributed by atoms with Gasteiger partial charge in [-0.25, -0.2) is 9.59 Å². The minimum absolute atomic E-state index is 0.399. The Morgan fingerprint density at radius 1 is 1.07 bits per heavy atom. The third kappa shape index (κ3) is 2.93. The topological polar surface area (TPSA) is 93.4 Å². The average molecular weight is 390 g/mol. The molecule has 4 atom stereocenters. The highest BCUT2D eigenvalue weighted by atomic mass is 16.8. The summed E-state index contributed by atoms with van der Waals surface area (Å²) < 4.78 is 33.6. The van der Waals surface area contributed by atoms with E-state index in [2.05, 4.69) is 0 Å². The van der Waals surface area contributed by atoms with E-state index in [1.807, 2.05) is 13.8 Å². The van der Waals surface area contributed by atoms with Crippen LogP contribution in [-0.4, -0.2) is 43.5 Å². The molecule has 0 saturated carbocycles. The summed E-state index contributed by atoms with van der Waals surface area (Å²) in [6, 6.07) is 5.33. The molecule has 8 heteroatoms. The zero-order valence-corrected chi connectivity index (χ0v) is 16.3. The highest BCUT2D eigenvalue weighted by Gasteiger charge is 2.58. The van der Waals surface area contributed by atoms with Crippen LogP contribution in [0.4, 0.5) is 4.79 Å². The van der Waals surface area contributed by atoms with Gasteiger partial charge in [0.25, 0.3) is 0 Å². The molecule has 0 amide bonds. The van der Waals surface area contributed by atoms with Crippen LogP contribution in [0, 0.1) is 13.8 Å². The van der Waals surface area contributed by atoms with Gasteiger partial charge in [-0.05, 0) is 45.9 Å². The van der Waals surface area contributed by atoms with Crippen molar-refractivity contribution in [2.45, 2.75) is 57.9 Å². The maximum Gasteiger partial charge on any atom is 0.509 e. The Bertz CT molecular complexity index is 992. The number of rotatable bonds is 3. The lowest BCUT2D eigenvalue weighted by molar-refractivity contribution is -0.282. The van der Waals surface area contributed by atoms with E-state index in [1.165, 1.54) is 7.11 Å². The molecule has 2 saturated heterocycles. The molecule has 4 rings (SSSR count). The van der Waals surface area contributed by atoms with Crippen molar-refractivity contribution in [2.24, 2.45) is 0 Å². The average Bonchev–Trinajstić information content (AvgIpc) is 3.00. The molecule has 0 radical (unpaired) electrons. The van der Waals surface area contributed by atoms with Gasteiger partial charge in [-0.3, -0.25) is 0 Å². The molecule has 28 heavy (non-hydrogen) atoms. The first kappa shape index (κ1) is 18.8. The predicted molar refractivity (Wildman–Crippen MR) is 97.5 cm³/mol. The van der Waals surface area contributed by atoms with Crippen molar-refractivity contribution >= 4 is 17.1 Å². The van der Waals surface area contributed by atoms with E-state index in [9.17, 15) is 9.59 Å². The Labute approximate surface area is 161 Å². The molecule has 0 bridgehead atoms. The number of fused-ring (bicyclic) bond motifs is 2. The number of ether oxygens (including phenoxy) is 5. The second kappa shape index (κ2) is 6.49. The van der Waals surface area contributed by atoms with Crippen molar-refractivity contribution < 1.29 is 32.9 Å². The standard InChI is InChI=1S/C20H22O8/c1-9-8-11-6-7-12(10(2)13(11)25-17(9)21)24-18-15-14(26-19(22)27-15)16(23-5)20(3,4)28-18/h6-8,14-16,18H,1-5H3/t14-,15?,16-,18-/m1/s1. The third-order valence-corrected chi connectivity index (χ3v) is 5.23. The van der Waals surface area contributed by atoms with Crippen molar-refractivity contribution in [1.82, 2.24) is 0 Å². The molecular weight excluding hydrogens is 368 g/mol. The van der Waals surface area contributed by atoms with Crippen LogP contribution in [0.2, 0.25) is 0 Å². The SMILES string of the molecule is CO[C@@H]1[C@@H]2OC(=O)OC2[C@H](Oc2ccc3cc(C)c(=O)oc3c2C)OC1(C)C. The molecule has 2 fully saturated rings. The minimum atomic E-state index is -0.911. The van der Waals surface area contributed by atoms with Crippen molar-refractivity contribution in [1.29, 1.82) is 0 Å². The molecule has 8 nitrogen and oxygen atoms in total. The number of carbonyl (C=O) groups is 1. The van der Waals surface area contributed by atoms with Gasteiger partial charge in [0.2, 0.25) is 12.4 Å². The molecule has 1 unspecified atom stereocenters. The highest BCUT2D eigenvalue weighted by Crippen LogP contribution is 2.39. The molecule has 0 N–H and O–H groups in total. The fraction of sp³-hybridized carbons (Fsp3) is 0.500. The highest BCUT2D eigenvalue weighted by molar-refractivity contribution is 5.82. The van der Waals surface area contributed by atoms with Gasteiger partial charge in [0, 0.05) is 23.6 Å². The van der Waals surface area contributed by atoms with Gasteiger partial charge in [-0.15, -0.1) is 0 Å². The third-order valence-electron chi connectivity index (χ3n) is 5.23. The van der Waals surface area contributed by atoms with E-state index in [1.54, 1.807) is 32.0 Å². The normalized spacial score (nSPS) is 28.5. The van der Waals surface area contributed by atoms with Crippen LogP contribution in [-0.2, 0) is 18.9 Å². The van der Waals surface area contributed by atoms with Gasteiger partial charge in [-0.1, -0.05) is 0 Å². The van der Waals surface area contributed by atoms with Crippen LogP contribution in [0.15, 0.2) is 27.4 Å². The van der Waals surface area contributed by atoms with Crippen LogP contribution >= 0.6 is 0 Å². The fourth-order valence-corrected chi connectivity index (χ4v) is 3.83. The van der Waals surface area contributed by atoms with Crippen molar-refractivity contribution in [3.63, 3.8) is 0 Å². The van der Waals surface area contributed by atoms with Crippen LogP contribution in [0.3, 0.4) is 0 Å². The van der Waals surface area contributed by atoms with Gasteiger partial charge in [-0.2, -0.15) is 0 Å². The van der Waals surface area contributed by atoms with Gasteiger partial charge < -0.3 is 28.1 Å². The number of carbonyl (C=O) groups excluding carboxylic acids is 1. The van der Waals surface area contributed by atoms with Crippen LogP contribution < -0.4 is 10.4 Å². The molecule has 2 aliphatic rings. The van der Waals surface area contributed by atoms with E-state index in [4.69, 9.17) is 28.1 Å². The summed E-state index contributed by atoms with van der Waals surface area (Å²) in [7, 11) is 1.53. The second-order valence-corrected chi connectivity index (χ2v) is 7.60. The van der Waals surface area contributed by atoms with E-state index in [0.717, 1.165) is 5.39 Å². The molecule has 2 aliphatic heterocycles. The largest absolute Gasteiger partial charge is 0.509 e. The molecule has 2 aromatic rings. The zero-order valence-electron chi connectivity index (χ0n) is 16.3. The maximum absolute atomic E-state index is 11.9. The van der Waals surface area contributed by atoms with Crippen molar-refractivity contribution in [2.75, 3.05) is 7.11 Å². The number of aryl methyl sites for hydroxylation is 2. The van der Waals surface area contributed by atoms with E-state index in [-0.39, 0.29) is 0 Å². The van der Waals surface area contributed by atoms with E-state index >= 15 is 0 Å². The Morgan fingerprint density at radius 2 is 1.79 bits per heavy atom. The molecule has 0 spiro atoms. The summed E-state index contributed by atoms with van der Waals surface area (Å²) in [6.45, 7) is 7.14. The lowest BCUT2D eigenvalue weighted by atomic mass is 9.89. The Hall–Kier alpha value is -2.58. The summed E-state index contributed by atoms with van der Waals surface area (Å²) in [5.41, 5.74) is 0.425. The zero-order chi connectivity index (χ0) is 20.2. The van der Waals surface area contributed by atoms with Gasteiger partial charge >= 0.3 is 11.8 Å². The van der Waals surface area contributed by atoms with Crippen LogP contribution in [0.25, 0.3) is 11.0 Å². The Balaban J connectivity index is 1.70. The summed E-state index contributed by atoms with van der Waals surface area (Å²) in [5.74, 6) is 0.456. The number of hydrogen-bond acceptors (Lipinski definition) is 8. The molecule has 1 aromatic heterocycles. The summed E-state index contributed by atoms with van der Waals surface area (Å²) in [4.78, 5) is 23.6. The number of benzene rings is 1. The van der Waals surface area contributed by atoms with Crippen molar-refractivity contribution in [3.8, 4) is 5.75 Å². The summed E-state index contributed by atoms with van der Waals surface area (Å²) in [5, 5.41) is 0.791. The second-order valence-electron chi connectivity index (χ2n) is 7.60. The van der Waals surface area contributed by atoms with Gasteiger partial charge in [0.1, 0.15) is 17.4 Å². The monoisotopic (exact) mass is 390 g/mol. The smallest absolute Gasteiger partial charge is 0.460 e. The predicted octanol–water partition coefficient (Wildman–Crippen LogP) is 2.84. The lowest BCUT2D eigenvalue weighted by Gasteiger charge is -2.45. The molecule has 150 valence electrons. The molecule has 1 aromatic carbocycles. The minimum Gasteiger partial charge on any atom is -0.460 e. The first-order valence-corrected chi connectivity index (χ1v) is 9.00. The maximum atomic E-state index is 11.9. The van der Waals surface area contributed by atoms with E-state index in [0.29, 0.717) is 22.5 Å². The number of hydrogen-bond donors (Lipinski definition) is 0. The number of methoxy groups -OCH3 is 1. The fourth-order valence-electron chi connectivity index (χ4n) is 3.83. The summed E-state index contributed by atoms with van der Waals surface area (Å²) >= 11 is 0. The first-order valence-electron chi connectivity index (χ1n) is 9.00. The van der Waals surface area contributed by atoms with Gasteiger partial charge in [0.15, 0.2) is 6.10 Å². The Morgan fingerprint density at radius 3 is 2.50 bits per heavy atom. The molecular formula is C20H22O8. The van der Waals surface area contributed by atoms with Crippen LogP contribution in [0.1, 0.15) is 25.0 Å². The lowest BCUT2D eigenvalue weighted by Crippen LogP contribution is -2.62. The Kier molecular flexibility index (Phi) is 4.35. The quantitative estimate of drug-likeness (QED) is 0.583. The van der Waals surface area contributed by atoms with E-state index < -0.39 is 42.0 Å². The van der Waals surface area contributed by atoms with Gasteiger partial charge in [0.05, 0.1) is 5.60 Å². The molecule has 3 heterocycles. The van der Waals surface area contributed by atoms with Crippen LogP contribution in [0.5, 0.6) is 5.75 Å². The molecule has 0 aliphatic carbocycles. The first-order chi connectivity index (χ1) is 13.2.